The number of furan rings is 1. The topological polar surface area (TPSA) is 90.2 Å². The van der Waals surface area contributed by atoms with Crippen molar-refractivity contribution in [3.8, 4) is 11.3 Å². The van der Waals surface area contributed by atoms with Gasteiger partial charge in [0.1, 0.15) is 17.2 Å². The Morgan fingerprint density at radius 1 is 1.31 bits per heavy atom. The summed E-state index contributed by atoms with van der Waals surface area (Å²) in [6.07, 6.45) is 4.49. The molecule has 0 bridgehead atoms. The SMILES string of the molecule is [C-]#[N+]/C(=C/c1ccc(-c2ccc(N3CCCCC3)c([N+](=O)[O-])c2)o1)C(=O)OCC. The number of nitro groups is 1. The van der Waals surface area contributed by atoms with Crippen LogP contribution >= 0.6 is 0 Å². The number of piperidine rings is 1. The Balaban J connectivity index is 1.90. The quantitative estimate of drug-likeness (QED) is 0.232. The van der Waals surface area contributed by atoms with E-state index in [-0.39, 0.29) is 22.9 Å². The number of carbonyl (C=O) groups excluding carboxylic acids is 1. The first-order chi connectivity index (χ1) is 14.0. The first kappa shape index (κ1) is 20.1. The fraction of sp³-hybridized carbons (Fsp3) is 0.333. The molecular weight excluding hydrogens is 374 g/mol. The van der Waals surface area contributed by atoms with E-state index < -0.39 is 5.97 Å². The van der Waals surface area contributed by atoms with Gasteiger partial charge in [-0.25, -0.2) is 4.85 Å². The fourth-order valence-electron chi connectivity index (χ4n) is 3.29. The molecule has 0 N–H and O–H groups in total. The molecule has 0 amide bonds. The van der Waals surface area contributed by atoms with E-state index in [0.29, 0.717) is 22.8 Å². The minimum atomic E-state index is -0.720. The molecule has 2 aromatic rings. The zero-order valence-corrected chi connectivity index (χ0v) is 16.1. The van der Waals surface area contributed by atoms with Crippen LogP contribution in [0.2, 0.25) is 0 Å². The normalized spacial score (nSPS) is 14.3. The van der Waals surface area contributed by atoms with Crippen molar-refractivity contribution in [2.45, 2.75) is 26.2 Å². The summed E-state index contributed by atoms with van der Waals surface area (Å²) in [4.78, 5) is 28.2. The van der Waals surface area contributed by atoms with E-state index in [9.17, 15) is 14.9 Å². The third kappa shape index (κ3) is 4.63. The lowest BCUT2D eigenvalue weighted by Crippen LogP contribution is -2.29. The first-order valence-corrected chi connectivity index (χ1v) is 9.43. The molecule has 1 aromatic heterocycles. The highest BCUT2D eigenvalue weighted by Crippen LogP contribution is 2.35. The molecule has 8 nitrogen and oxygen atoms in total. The molecule has 29 heavy (non-hydrogen) atoms. The Hall–Kier alpha value is -3.60. The summed E-state index contributed by atoms with van der Waals surface area (Å²) in [5.74, 6) is -0.0125. The van der Waals surface area contributed by atoms with Crippen LogP contribution in [0.25, 0.3) is 22.2 Å². The Labute approximate surface area is 168 Å². The summed E-state index contributed by atoms with van der Waals surface area (Å²) >= 11 is 0. The predicted molar refractivity (Wildman–Crippen MR) is 108 cm³/mol. The van der Waals surface area contributed by atoms with Crippen molar-refractivity contribution in [2.24, 2.45) is 0 Å². The van der Waals surface area contributed by atoms with Gasteiger partial charge in [-0.2, -0.15) is 0 Å². The van der Waals surface area contributed by atoms with Crippen LogP contribution in [-0.2, 0) is 9.53 Å². The molecule has 0 saturated carbocycles. The van der Waals surface area contributed by atoms with Crippen LogP contribution in [0, 0.1) is 16.7 Å². The first-order valence-electron chi connectivity index (χ1n) is 9.43. The zero-order valence-electron chi connectivity index (χ0n) is 16.1. The van der Waals surface area contributed by atoms with E-state index in [2.05, 4.69) is 4.85 Å². The lowest BCUT2D eigenvalue weighted by atomic mass is 10.1. The van der Waals surface area contributed by atoms with Crippen molar-refractivity contribution in [3.05, 3.63) is 63.3 Å². The molecule has 8 heteroatoms. The van der Waals surface area contributed by atoms with E-state index >= 15 is 0 Å². The average Bonchev–Trinajstić information content (AvgIpc) is 3.21. The zero-order chi connectivity index (χ0) is 20.8. The van der Waals surface area contributed by atoms with E-state index in [1.165, 1.54) is 12.1 Å². The number of nitro benzene ring substituents is 1. The molecule has 0 unspecified atom stereocenters. The van der Waals surface area contributed by atoms with Gasteiger partial charge in [-0.1, -0.05) is 0 Å². The molecule has 2 heterocycles. The molecule has 0 atom stereocenters. The molecule has 1 saturated heterocycles. The lowest BCUT2D eigenvalue weighted by Gasteiger charge is -2.28. The van der Waals surface area contributed by atoms with Crippen LogP contribution in [0.5, 0.6) is 0 Å². The molecule has 0 aliphatic carbocycles. The second kappa shape index (κ2) is 9.06. The van der Waals surface area contributed by atoms with Crippen LogP contribution in [0.1, 0.15) is 31.9 Å². The van der Waals surface area contributed by atoms with Crippen molar-refractivity contribution in [1.82, 2.24) is 0 Å². The second-order valence-electron chi connectivity index (χ2n) is 6.57. The average molecular weight is 395 g/mol. The number of benzene rings is 1. The maximum atomic E-state index is 11.7. The summed E-state index contributed by atoms with van der Waals surface area (Å²) in [5, 5.41) is 11.6. The van der Waals surface area contributed by atoms with Crippen molar-refractivity contribution >= 4 is 23.4 Å². The van der Waals surface area contributed by atoms with Gasteiger partial charge in [-0.15, -0.1) is 0 Å². The van der Waals surface area contributed by atoms with Crippen LogP contribution < -0.4 is 4.90 Å². The molecule has 0 radical (unpaired) electrons. The van der Waals surface area contributed by atoms with E-state index in [0.717, 1.165) is 32.4 Å². The highest BCUT2D eigenvalue weighted by atomic mass is 16.6. The predicted octanol–water partition coefficient (Wildman–Crippen LogP) is 4.67. The maximum Gasteiger partial charge on any atom is 0.336 e. The van der Waals surface area contributed by atoms with Crippen LogP contribution in [0.15, 0.2) is 40.4 Å². The highest BCUT2D eigenvalue weighted by molar-refractivity contribution is 5.95. The van der Waals surface area contributed by atoms with Crippen molar-refractivity contribution in [2.75, 3.05) is 24.6 Å². The van der Waals surface area contributed by atoms with Crippen LogP contribution in [0.4, 0.5) is 11.4 Å². The summed E-state index contributed by atoms with van der Waals surface area (Å²) in [6.45, 7) is 10.6. The maximum absolute atomic E-state index is 11.7. The Morgan fingerprint density at radius 3 is 2.72 bits per heavy atom. The lowest BCUT2D eigenvalue weighted by molar-refractivity contribution is -0.384. The van der Waals surface area contributed by atoms with Gasteiger partial charge in [0.15, 0.2) is 0 Å². The highest BCUT2D eigenvalue weighted by Gasteiger charge is 2.22. The largest absolute Gasteiger partial charge is 0.471 e. The van der Waals surface area contributed by atoms with Crippen LogP contribution in [0.3, 0.4) is 0 Å². The standard InChI is InChI=1S/C21H21N3O5/c1-3-28-21(25)17(22-2)14-16-8-10-20(29-16)15-7-9-18(19(13-15)24(26)27)23-11-5-4-6-12-23/h7-10,13-14H,3-6,11-12H2,1H3/b17-14+. The molecule has 150 valence electrons. The van der Waals surface area contributed by atoms with E-state index in [1.54, 1.807) is 31.2 Å². The molecule has 1 aromatic carbocycles. The van der Waals surface area contributed by atoms with E-state index in [1.807, 2.05) is 4.90 Å². The van der Waals surface area contributed by atoms with Gasteiger partial charge < -0.3 is 14.1 Å². The minimum Gasteiger partial charge on any atom is -0.471 e. The molecule has 1 aliphatic rings. The van der Waals surface area contributed by atoms with Gasteiger partial charge in [-0.3, -0.25) is 14.9 Å². The number of rotatable bonds is 6. The number of ether oxygens (including phenoxy) is 1. The Bertz CT molecular complexity index is 980. The fourth-order valence-corrected chi connectivity index (χ4v) is 3.29. The van der Waals surface area contributed by atoms with Gasteiger partial charge in [-0.05, 0) is 56.5 Å². The van der Waals surface area contributed by atoms with Gasteiger partial charge in [0, 0.05) is 24.7 Å². The molecule has 0 spiro atoms. The summed E-state index contributed by atoms with van der Waals surface area (Å²) in [5.41, 5.74) is 1.01. The number of anilines is 1. The van der Waals surface area contributed by atoms with Gasteiger partial charge in [0.05, 0.1) is 18.1 Å². The Morgan fingerprint density at radius 2 is 2.07 bits per heavy atom. The van der Waals surface area contributed by atoms with Crippen molar-refractivity contribution < 1.29 is 18.9 Å². The van der Waals surface area contributed by atoms with Crippen molar-refractivity contribution in [3.63, 3.8) is 0 Å². The number of carbonyl (C=O) groups is 1. The molecule has 3 rings (SSSR count). The Kier molecular flexibility index (Phi) is 6.29. The monoisotopic (exact) mass is 395 g/mol. The smallest absolute Gasteiger partial charge is 0.336 e. The minimum absolute atomic E-state index is 0.0336. The van der Waals surface area contributed by atoms with Crippen molar-refractivity contribution in [1.29, 1.82) is 0 Å². The molecule has 1 aliphatic heterocycles. The van der Waals surface area contributed by atoms with Gasteiger partial charge >= 0.3 is 5.97 Å². The van der Waals surface area contributed by atoms with Gasteiger partial charge in [0.2, 0.25) is 0 Å². The number of esters is 1. The molecular formula is C21H21N3O5. The summed E-state index contributed by atoms with van der Waals surface area (Å²) < 4.78 is 10.5. The van der Waals surface area contributed by atoms with Gasteiger partial charge in [0.25, 0.3) is 11.4 Å². The molecule has 1 fully saturated rings. The number of hydrogen-bond donors (Lipinski definition) is 0. The van der Waals surface area contributed by atoms with Crippen LogP contribution in [-0.4, -0.2) is 30.6 Å². The number of nitrogens with zero attached hydrogens (tertiary/aromatic N) is 3. The third-order valence-corrected chi connectivity index (χ3v) is 4.66. The summed E-state index contributed by atoms with van der Waals surface area (Å²) in [7, 11) is 0. The summed E-state index contributed by atoms with van der Waals surface area (Å²) in [6, 6.07) is 8.28. The third-order valence-electron chi connectivity index (χ3n) is 4.66. The second-order valence-corrected chi connectivity index (χ2v) is 6.57. The number of hydrogen-bond acceptors (Lipinski definition) is 6. The van der Waals surface area contributed by atoms with E-state index in [4.69, 9.17) is 15.7 Å².